The van der Waals surface area contributed by atoms with Crippen LogP contribution in [0.3, 0.4) is 0 Å². The van der Waals surface area contributed by atoms with Crippen LogP contribution in [-0.2, 0) is 0 Å². The van der Waals surface area contributed by atoms with Crippen molar-refractivity contribution in [2.24, 2.45) is 0 Å². The van der Waals surface area contributed by atoms with Crippen LogP contribution >= 0.6 is 0 Å². The molecule has 0 N–H and O–H groups in total. The standard InChI is InChI=1S/C11H12O2/c1-2-3-4-5-6-11-10(9-12)7-8-13-11/h7-9H,2-4H2,1H3. The molecule has 0 aliphatic carbocycles. The number of aldehydes is 1. The van der Waals surface area contributed by atoms with Gasteiger partial charge in [-0.1, -0.05) is 19.3 Å². The van der Waals surface area contributed by atoms with Crippen LogP contribution in [0.4, 0.5) is 0 Å². The largest absolute Gasteiger partial charge is 0.455 e. The molecule has 0 aromatic carbocycles. The van der Waals surface area contributed by atoms with Crippen molar-refractivity contribution in [1.82, 2.24) is 0 Å². The predicted octanol–water partition coefficient (Wildman–Crippen LogP) is 2.63. The van der Waals surface area contributed by atoms with Crippen LogP contribution in [0.1, 0.15) is 42.3 Å². The molecule has 2 heteroatoms. The van der Waals surface area contributed by atoms with Crippen LogP contribution in [0.25, 0.3) is 0 Å². The van der Waals surface area contributed by atoms with Gasteiger partial charge in [-0.25, -0.2) is 0 Å². The van der Waals surface area contributed by atoms with E-state index in [1.54, 1.807) is 6.07 Å². The third-order valence-electron chi connectivity index (χ3n) is 1.68. The van der Waals surface area contributed by atoms with Gasteiger partial charge in [0.1, 0.15) is 0 Å². The SMILES string of the molecule is CCCCC#Cc1occc1C=O. The molecule has 0 saturated carbocycles. The maximum absolute atomic E-state index is 10.4. The summed E-state index contributed by atoms with van der Waals surface area (Å²) in [6.07, 6.45) is 5.31. The normalized spacial score (nSPS) is 9.00. The van der Waals surface area contributed by atoms with Crippen molar-refractivity contribution in [3.05, 3.63) is 23.7 Å². The van der Waals surface area contributed by atoms with Crippen molar-refractivity contribution < 1.29 is 9.21 Å². The summed E-state index contributed by atoms with van der Waals surface area (Å²) in [4.78, 5) is 10.4. The molecule has 0 atom stereocenters. The molecule has 0 bridgehead atoms. The fourth-order valence-corrected chi connectivity index (χ4v) is 0.921. The Hall–Kier alpha value is -1.49. The van der Waals surface area contributed by atoms with E-state index in [9.17, 15) is 4.79 Å². The van der Waals surface area contributed by atoms with E-state index in [4.69, 9.17) is 4.42 Å². The van der Waals surface area contributed by atoms with Gasteiger partial charge in [0, 0.05) is 6.42 Å². The van der Waals surface area contributed by atoms with Crippen molar-refractivity contribution in [3.8, 4) is 11.8 Å². The van der Waals surface area contributed by atoms with Crippen LogP contribution in [0.2, 0.25) is 0 Å². The maximum atomic E-state index is 10.4. The maximum Gasteiger partial charge on any atom is 0.187 e. The number of unbranched alkanes of at least 4 members (excludes halogenated alkanes) is 2. The Morgan fingerprint density at radius 2 is 2.46 bits per heavy atom. The number of carbonyl (C=O) groups is 1. The van der Waals surface area contributed by atoms with E-state index >= 15 is 0 Å². The molecule has 0 amide bonds. The highest BCUT2D eigenvalue weighted by Crippen LogP contribution is 2.05. The summed E-state index contributed by atoms with van der Waals surface area (Å²) >= 11 is 0. The molecule has 2 nitrogen and oxygen atoms in total. The average Bonchev–Trinajstić information content (AvgIpc) is 2.60. The van der Waals surface area contributed by atoms with Crippen LogP contribution in [0.5, 0.6) is 0 Å². The Labute approximate surface area is 77.9 Å². The lowest BCUT2D eigenvalue weighted by Crippen LogP contribution is -1.78. The van der Waals surface area contributed by atoms with Gasteiger partial charge < -0.3 is 4.42 Å². The topological polar surface area (TPSA) is 30.2 Å². The van der Waals surface area contributed by atoms with Crippen LogP contribution < -0.4 is 0 Å². The number of hydrogen-bond acceptors (Lipinski definition) is 2. The van der Waals surface area contributed by atoms with E-state index in [-0.39, 0.29) is 0 Å². The van der Waals surface area contributed by atoms with E-state index in [0.717, 1.165) is 25.5 Å². The zero-order valence-corrected chi connectivity index (χ0v) is 7.67. The smallest absolute Gasteiger partial charge is 0.187 e. The summed E-state index contributed by atoms with van der Waals surface area (Å²) in [6, 6.07) is 1.62. The lowest BCUT2D eigenvalue weighted by atomic mass is 10.2. The lowest BCUT2D eigenvalue weighted by molar-refractivity contribution is 0.112. The number of carbonyl (C=O) groups excluding carboxylic acids is 1. The predicted molar refractivity (Wildman–Crippen MR) is 50.5 cm³/mol. The highest BCUT2D eigenvalue weighted by atomic mass is 16.3. The van der Waals surface area contributed by atoms with Gasteiger partial charge in [-0.3, -0.25) is 4.79 Å². The number of rotatable bonds is 3. The molecule has 1 heterocycles. The highest BCUT2D eigenvalue weighted by molar-refractivity contribution is 5.77. The first-order valence-electron chi connectivity index (χ1n) is 4.40. The minimum Gasteiger partial charge on any atom is -0.455 e. The van der Waals surface area contributed by atoms with E-state index in [2.05, 4.69) is 18.8 Å². The van der Waals surface area contributed by atoms with Gasteiger partial charge in [-0.15, -0.1) is 0 Å². The molecule has 0 aliphatic rings. The molecule has 13 heavy (non-hydrogen) atoms. The highest BCUT2D eigenvalue weighted by Gasteiger charge is 1.99. The second kappa shape index (κ2) is 5.21. The Kier molecular flexibility index (Phi) is 3.84. The molecule has 0 fully saturated rings. The molecule has 0 saturated heterocycles. The van der Waals surface area contributed by atoms with E-state index in [0.29, 0.717) is 11.3 Å². The van der Waals surface area contributed by atoms with Crippen molar-refractivity contribution in [2.45, 2.75) is 26.2 Å². The second-order valence-corrected chi connectivity index (χ2v) is 2.73. The van der Waals surface area contributed by atoms with Crippen LogP contribution in [-0.4, -0.2) is 6.29 Å². The average molecular weight is 176 g/mol. The minimum absolute atomic E-state index is 0.478. The van der Waals surface area contributed by atoms with E-state index in [1.807, 2.05) is 0 Å². The van der Waals surface area contributed by atoms with Crippen molar-refractivity contribution in [2.75, 3.05) is 0 Å². The first-order valence-corrected chi connectivity index (χ1v) is 4.40. The number of hydrogen-bond donors (Lipinski definition) is 0. The quantitative estimate of drug-likeness (QED) is 0.402. The van der Waals surface area contributed by atoms with Gasteiger partial charge in [0.2, 0.25) is 0 Å². The summed E-state index contributed by atoms with van der Waals surface area (Å²) in [5.74, 6) is 6.27. The zero-order chi connectivity index (χ0) is 9.52. The Morgan fingerprint density at radius 1 is 1.62 bits per heavy atom. The molecule has 0 aliphatic heterocycles. The molecule has 1 aromatic rings. The molecule has 1 aromatic heterocycles. The van der Waals surface area contributed by atoms with Crippen molar-refractivity contribution >= 4 is 6.29 Å². The summed E-state index contributed by atoms with van der Waals surface area (Å²) in [7, 11) is 0. The summed E-state index contributed by atoms with van der Waals surface area (Å²) < 4.78 is 5.03. The van der Waals surface area contributed by atoms with Gasteiger partial charge in [-0.05, 0) is 18.4 Å². The third-order valence-corrected chi connectivity index (χ3v) is 1.68. The fraction of sp³-hybridized carbons (Fsp3) is 0.364. The third kappa shape index (κ3) is 2.79. The zero-order valence-electron chi connectivity index (χ0n) is 7.67. The van der Waals surface area contributed by atoms with Gasteiger partial charge >= 0.3 is 0 Å². The van der Waals surface area contributed by atoms with Crippen LogP contribution in [0, 0.1) is 11.8 Å². The Balaban J connectivity index is 2.60. The summed E-state index contributed by atoms with van der Waals surface area (Å²) in [5, 5.41) is 0. The van der Waals surface area contributed by atoms with Crippen LogP contribution in [0.15, 0.2) is 16.7 Å². The van der Waals surface area contributed by atoms with Gasteiger partial charge in [-0.2, -0.15) is 0 Å². The van der Waals surface area contributed by atoms with Crippen molar-refractivity contribution in [1.29, 1.82) is 0 Å². The first kappa shape index (κ1) is 9.60. The van der Waals surface area contributed by atoms with E-state index in [1.165, 1.54) is 6.26 Å². The van der Waals surface area contributed by atoms with Gasteiger partial charge in [0.05, 0.1) is 11.8 Å². The summed E-state index contributed by atoms with van der Waals surface area (Å²) in [5.41, 5.74) is 0.531. The van der Waals surface area contributed by atoms with Gasteiger partial charge in [0.15, 0.2) is 12.0 Å². The number of furan rings is 1. The molecule has 68 valence electrons. The van der Waals surface area contributed by atoms with Crippen molar-refractivity contribution in [3.63, 3.8) is 0 Å². The Bertz CT molecular complexity index is 325. The molecule has 0 unspecified atom stereocenters. The first-order chi connectivity index (χ1) is 6.38. The molecule has 1 rings (SSSR count). The minimum atomic E-state index is 0.478. The molecule has 0 spiro atoms. The van der Waals surface area contributed by atoms with E-state index < -0.39 is 0 Å². The second-order valence-electron chi connectivity index (χ2n) is 2.73. The molecular formula is C11H12O2. The Morgan fingerprint density at radius 3 is 3.15 bits per heavy atom. The molecule has 0 radical (unpaired) electrons. The lowest BCUT2D eigenvalue weighted by Gasteiger charge is -1.84. The summed E-state index contributed by atoms with van der Waals surface area (Å²) in [6.45, 7) is 2.12. The monoisotopic (exact) mass is 176 g/mol. The fourth-order valence-electron chi connectivity index (χ4n) is 0.921. The van der Waals surface area contributed by atoms with Gasteiger partial charge in [0.25, 0.3) is 0 Å². The molecular weight excluding hydrogens is 164 g/mol.